The maximum Gasteiger partial charge on any atom is 0.373 e. The van der Waals surface area contributed by atoms with Crippen molar-refractivity contribution in [1.82, 2.24) is 10.2 Å². The Morgan fingerprint density at radius 2 is 1.90 bits per heavy atom. The first kappa shape index (κ1) is 27.0. The first-order valence-corrected chi connectivity index (χ1v) is 11.7. The highest BCUT2D eigenvalue weighted by Crippen LogP contribution is 2.38. The molecule has 2 aromatic carbocycles. The van der Waals surface area contributed by atoms with Gasteiger partial charge in [-0.1, -0.05) is 12.1 Å². The number of hydrogen-bond donors (Lipinski definition) is 1. The molecule has 15 heteroatoms. The Hall–Kier alpha value is -5.05. The maximum absolute atomic E-state index is 12.8. The molecule has 39 heavy (non-hydrogen) atoms. The largest absolute Gasteiger partial charge is 0.481 e. The predicted molar refractivity (Wildman–Crippen MR) is 135 cm³/mol. The van der Waals surface area contributed by atoms with E-state index in [2.05, 4.69) is 26.0 Å². The lowest BCUT2D eigenvalue weighted by molar-refractivity contribution is -0.386. The second-order valence-electron chi connectivity index (χ2n) is 7.96. The molecule has 14 nitrogen and oxygen atoms in total. The molecule has 1 fully saturated rings. The first-order chi connectivity index (χ1) is 18.6. The lowest BCUT2D eigenvalue weighted by Crippen LogP contribution is -2.30. The fraction of sp³-hybridized carbons (Fsp3) is 0.125. The quantitative estimate of drug-likeness (QED) is 0.122. The number of non-ortho nitro benzene ring substituents is 1. The van der Waals surface area contributed by atoms with Crippen molar-refractivity contribution < 1.29 is 38.1 Å². The summed E-state index contributed by atoms with van der Waals surface area (Å²) in [5, 5.41) is 25.2. The van der Waals surface area contributed by atoms with Crippen LogP contribution >= 0.6 is 15.9 Å². The van der Waals surface area contributed by atoms with Crippen LogP contribution in [0.4, 0.5) is 16.2 Å². The lowest BCUT2D eigenvalue weighted by atomic mass is 10.1. The number of nitro groups is 2. The minimum absolute atomic E-state index is 0.0970. The van der Waals surface area contributed by atoms with Gasteiger partial charge >= 0.3 is 17.7 Å². The highest BCUT2D eigenvalue weighted by molar-refractivity contribution is 9.10. The molecule has 0 saturated carbocycles. The summed E-state index contributed by atoms with van der Waals surface area (Å²) in [6, 6.07) is 10.2. The summed E-state index contributed by atoms with van der Waals surface area (Å²) in [6.07, 6.45) is 1.25. The van der Waals surface area contributed by atoms with E-state index >= 15 is 0 Å². The fourth-order valence-electron chi connectivity index (χ4n) is 3.59. The molecule has 200 valence electrons. The SMILES string of the molecule is COC(=O)c1ccc(CN2C(=O)N/C(=C\c3cc(Br)c(OCc4cccc([N+](=O)[O-])c4)c([N+](=O)[O-])c3)C2=O)o1. The third-order valence-electron chi connectivity index (χ3n) is 5.38. The van der Waals surface area contributed by atoms with Crippen molar-refractivity contribution in [3.8, 4) is 5.75 Å². The highest BCUT2D eigenvalue weighted by Gasteiger charge is 2.34. The third kappa shape index (κ3) is 5.93. The van der Waals surface area contributed by atoms with Gasteiger partial charge in [0, 0.05) is 18.2 Å². The van der Waals surface area contributed by atoms with Crippen LogP contribution in [0.15, 0.2) is 63.1 Å². The van der Waals surface area contributed by atoms with Crippen molar-refractivity contribution >= 4 is 51.3 Å². The van der Waals surface area contributed by atoms with Crippen LogP contribution in [0.25, 0.3) is 6.08 Å². The van der Waals surface area contributed by atoms with Gasteiger partial charge in [-0.3, -0.25) is 29.9 Å². The summed E-state index contributed by atoms with van der Waals surface area (Å²) >= 11 is 3.23. The monoisotopic (exact) mass is 600 g/mol. The first-order valence-electron chi connectivity index (χ1n) is 10.9. The average molecular weight is 601 g/mol. The number of urea groups is 1. The van der Waals surface area contributed by atoms with Crippen molar-refractivity contribution in [3.05, 3.63) is 102 Å². The number of halogens is 1. The number of benzene rings is 2. The van der Waals surface area contributed by atoms with E-state index in [1.54, 1.807) is 6.07 Å². The molecule has 4 rings (SSSR count). The fourth-order valence-corrected chi connectivity index (χ4v) is 4.17. The van der Waals surface area contributed by atoms with Gasteiger partial charge < -0.3 is 19.2 Å². The Balaban J connectivity index is 1.54. The molecule has 0 atom stereocenters. The second kappa shape index (κ2) is 11.1. The van der Waals surface area contributed by atoms with Crippen LogP contribution in [0, 0.1) is 20.2 Å². The van der Waals surface area contributed by atoms with Crippen molar-refractivity contribution in [2.75, 3.05) is 7.11 Å². The number of carbonyl (C=O) groups is 3. The van der Waals surface area contributed by atoms with Gasteiger partial charge in [0.25, 0.3) is 11.6 Å². The number of ether oxygens (including phenoxy) is 2. The molecule has 0 unspecified atom stereocenters. The van der Waals surface area contributed by atoms with Crippen LogP contribution in [0.3, 0.4) is 0 Å². The Kier molecular flexibility index (Phi) is 7.71. The molecule has 0 aliphatic carbocycles. The number of amides is 3. The maximum atomic E-state index is 12.8. The van der Waals surface area contributed by atoms with Gasteiger partial charge in [-0.15, -0.1) is 0 Å². The number of nitro benzene ring substituents is 2. The van der Waals surface area contributed by atoms with Crippen LogP contribution in [-0.2, 0) is 22.7 Å². The molecule has 2 heterocycles. The predicted octanol–water partition coefficient (Wildman–Crippen LogP) is 4.32. The lowest BCUT2D eigenvalue weighted by Gasteiger charge is -2.10. The van der Waals surface area contributed by atoms with E-state index in [0.29, 0.717) is 5.56 Å². The number of methoxy groups -OCH3 is 1. The zero-order valence-corrected chi connectivity index (χ0v) is 21.5. The summed E-state index contributed by atoms with van der Waals surface area (Å²) in [6.45, 7) is -0.456. The van der Waals surface area contributed by atoms with E-state index < -0.39 is 33.4 Å². The van der Waals surface area contributed by atoms with Gasteiger partial charge in [-0.25, -0.2) is 9.59 Å². The van der Waals surface area contributed by atoms with Crippen molar-refractivity contribution in [1.29, 1.82) is 0 Å². The van der Waals surface area contributed by atoms with Gasteiger partial charge in [0.05, 0.1) is 28.0 Å². The van der Waals surface area contributed by atoms with E-state index in [0.717, 1.165) is 11.0 Å². The average Bonchev–Trinajstić information content (AvgIpc) is 3.47. The van der Waals surface area contributed by atoms with Gasteiger partial charge in [-0.05, 0) is 51.3 Å². The van der Waals surface area contributed by atoms with Crippen molar-refractivity contribution in [3.63, 3.8) is 0 Å². The zero-order chi connectivity index (χ0) is 28.3. The molecular weight excluding hydrogens is 584 g/mol. The van der Waals surface area contributed by atoms with Gasteiger partial charge in [0.15, 0.2) is 0 Å². The molecule has 0 bridgehead atoms. The molecular formula is C24H17BrN4O10. The summed E-state index contributed by atoms with van der Waals surface area (Å²) in [4.78, 5) is 59.2. The van der Waals surface area contributed by atoms with Crippen molar-refractivity contribution in [2.24, 2.45) is 0 Å². The minimum atomic E-state index is -0.757. The number of nitrogens with one attached hydrogen (secondary N) is 1. The standard InChI is InChI=1S/C24H17BrN4O10/c1-37-23(31)20-6-5-16(39-20)11-27-22(30)18(26-24(27)32)9-14-8-17(25)21(19(10-14)29(35)36)38-12-13-3-2-4-15(7-13)28(33)34/h2-10H,11-12H2,1H3,(H,26,32)/b18-9-. The molecule has 1 aliphatic rings. The van der Waals surface area contributed by atoms with Gasteiger partial charge in [-0.2, -0.15) is 0 Å². The Labute approximate surface area is 227 Å². The number of esters is 1. The zero-order valence-electron chi connectivity index (χ0n) is 19.9. The van der Waals surface area contributed by atoms with Gasteiger partial charge in [0.1, 0.15) is 18.1 Å². The van der Waals surface area contributed by atoms with E-state index in [1.807, 2.05) is 0 Å². The number of rotatable bonds is 9. The highest BCUT2D eigenvalue weighted by atomic mass is 79.9. The van der Waals surface area contributed by atoms with Crippen LogP contribution in [0.5, 0.6) is 5.75 Å². The molecule has 1 aromatic heterocycles. The molecule has 0 radical (unpaired) electrons. The van der Waals surface area contributed by atoms with Crippen molar-refractivity contribution in [2.45, 2.75) is 13.2 Å². The summed E-state index contributed by atoms with van der Waals surface area (Å²) in [5.41, 5.74) is -0.119. The minimum Gasteiger partial charge on any atom is -0.481 e. The summed E-state index contributed by atoms with van der Waals surface area (Å²) in [5.74, 6) is -1.51. The normalized spacial score (nSPS) is 13.9. The number of imide groups is 1. The number of furan rings is 1. The van der Waals surface area contributed by atoms with Crippen LogP contribution in [-0.4, -0.2) is 39.8 Å². The van der Waals surface area contributed by atoms with E-state index in [4.69, 9.17) is 9.15 Å². The third-order valence-corrected chi connectivity index (χ3v) is 5.97. The van der Waals surface area contributed by atoms with E-state index in [1.165, 1.54) is 49.6 Å². The van der Waals surface area contributed by atoms with Crippen LogP contribution < -0.4 is 10.1 Å². The summed E-state index contributed by atoms with van der Waals surface area (Å²) in [7, 11) is 1.18. The number of nitrogens with zero attached hydrogens (tertiary/aromatic N) is 3. The summed E-state index contributed by atoms with van der Waals surface area (Å²) < 4.78 is 15.6. The number of hydrogen-bond acceptors (Lipinski definition) is 10. The second-order valence-corrected chi connectivity index (χ2v) is 8.82. The Bertz CT molecular complexity index is 1550. The van der Waals surface area contributed by atoms with Gasteiger partial charge in [0.2, 0.25) is 11.5 Å². The topological polar surface area (TPSA) is 184 Å². The molecule has 3 aromatic rings. The smallest absolute Gasteiger partial charge is 0.373 e. The van der Waals surface area contributed by atoms with Crippen LogP contribution in [0.1, 0.15) is 27.4 Å². The molecule has 1 aliphatic heterocycles. The van der Waals surface area contributed by atoms with E-state index in [9.17, 15) is 34.6 Å². The van der Waals surface area contributed by atoms with E-state index in [-0.39, 0.29) is 51.8 Å². The molecule has 0 spiro atoms. The molecule has 1 saturated heterocycles. The Morgan fingerprint density at radius 3 is 2.59 bits per heavy atom. The Morgan fingerprint density at radius 1 is 1.13 bits per heavy atom. The number of carbonyl (C=O) groups excluding carboxylic acids is 3. The molecule has 1 N–H and O–H groups in total. The van der Waals surface area contributed by atoms with Crippen LogP contribution in [0.2, 0.25) is 0 Å². The molecule has 3 amide bonds.